The number of amides is 1. The van der Waals surface area contributed by atoms with Crippen molar-refractivity contribution in [3.63, 3.8) is 0 Å². The Balaban J connectivity index is 1.84. The van der Waals surface area contributed by atoms with Gasteiger partial charge in [0.05, 0.1) is 18.7 Å². The molecule has 2 rings (SSSR count). The summed E-state index contributed by atoms with van der Waals surface area (Å²) in [5.74, 6) is 0. The molecule has 0 aliphatic carbocycles. The van der Waals surface area contributed by atoms with Gasteiger partial charge in [0.2, 0.25) is 0 Å². The monoisotopic (exact) mass is 298 g/mol. The average molecular weight is 298 g/mol. The first-order valence-corrected chi connectivity index (χ1v) is 7.65. The standard InChI is InChI=1S/C14H22N2O3S/c1-14(2,3)19-13(18)16-8-11(12(17)9-16)15-7-10-5-4-6-20-10/h4-6,11-12,15,17H,7-9H2,1-3H3/t11-,12-/m1/s1. The lowest BCUT2D eigenvalue weighted by atomic mass is 10.2. The lowest BCUT2D eigenvalue weighted by Gasteiger charge is -2.24. The van der Waals surface area contributed by atoms with Crippen LogP contribution in [0.2, 0.25) is 0 Å². The summed E-state index contributed by atoms with van der Waals surface area (Å²) >= 11 is 1.67. The van der Waals surface area contributed by atoms with Crippen LogP contribution in [0.5, 0.6) is 0 Å². The number of hydrogen-bond donors (Lipinski definition) is 2. The Labute approximate surface area is 123 Å². The molecule has 5 nitrogen and oxygen atoms in total. The van der Waals surface area contributed by atoms with E-state index in [1.807, 2.05) is 38.3 Å². The molecule has 2 atom stereocenters. The van der Waals surface area contributed by atoms with Gasteiger partial charge in [0.1, 0.15) is 5.60 Å². The van der Waals surface area contributed by atoms with Crippen LogP contribution in [0.1, 0.15) is 25.6 Å². The van der Waals surface area contributed by atoms with Gasteiger partial charge in [0, 0.05) is 18.0 Å². The highest BCUT2D eigenvalue weighted by molar-refractivity contribution is 7.09. The van der Waals surface area contributed by atoms with Crippen LogP contribution < -0.4 is 5.32 Å². The van der Waals surface area contributed by atoms with Gasteiger partial charge in [-0.1, -0.05) is 6.07 Å². The number of nitrogens with one attached hydrogen (secondary N) is 1. The zero-order valence-electron chi connectivity index (χ0n) is 12.1. The molecule has 0 bridgehead atoms. The number of β-amino-alcohol motifs (C(OH)–C–C–N with tert-alkyl or cyclic N) is 1. The molecule has 1 aliphatic rings. The minimum absolute atomic E-state index is 0.107. The Morgan fingerprint density at radius 1 is 1.55 bits per heavy atom. The summed E-state index contributed by atoms with van der Waals surface area (Å²) in [6, 6.07) is 3.94. The van der Waals surface area contributed by atoms with Crippen molar-refractivity contribution in [1.82, 2.24) is 10.2 Å². The Hall–Kier alpha value is -1.11. The van der Waals surface area contributed by atoms with Crippen molar-refractivity contribution in [3.8, 4) is 0 Å². The number of likely N-dealkylation sites (tertiary alicyclic amines) is 1. The Bertz CT molecular complexity index is 442. The van der Waals surface area contributed by atoms with Crippen LogP contribution in [0.3, 0.4) is 0 Å². The first kappa shape index (κ1) is 15.3. The number of aliphatic hydroxyl groups is 1. The first-order chi connectivity index (χ1) is 9.35. The molecule has 0 saturated carbocycles. The normalized spacial score (nSPS) is 23.1. The summed E-state index contributed by atoms with van der Waals surface area (Å²) in [5, 5.41) is 15.3. The quantitative estimate of drug-likeness (QED) is 0.893. The minimum Gasteiger partial charge on any atom is -0.444 e. The van der Waals surface area contributed by atoms with Crippen LogP contribution in [-0.2, 0) is 11.3 Å². The van der Waals surface area contributed by atoms with Crippen molar-refractivity contribution in [2.75, 3.05) is 13.1 Å². The number of carbonyl (C=O) groups is 1. The predicted molar refractivity (Wildman–Crippen MR) is 78.8 cm³/mol. The number of carbonyl (C=O) groups excluding carboxylic acids is 1. The van der Waals surface area contributed by atoms with E-state index in [2.05, 4.69) is 5.32 Å². The van der Waals surface area contributed by atoms with Crippen molar-refractivity contribution in [3.05, 3.63) is 22.4 Å². The van der Waals surface area contributed by atoms with Crippen molar-refractivity contribution in [2.45, 2.75) is 45.1 Å². The fraction of sp³-hybridized carbons (Fsp3) is 0.643. The van der Waals surface area contributed by atoms with E-state index < -0.39 is 11.7 Å². The fourth-order valence-corrected chi connectivity index (χ4v) is 2.76. The zero-order valence-corrected chi connectivity index (χ0v) is 12.9. The zero-order chi connectivity index (χ0) is 14.8. The smallest absolute Gasteiger partial charge is 0.410 e. The molecule has 0 spiro atoms. The average Bonchev–Trinajstić information content (AvgIpc) is 2.93. The lowest BCUT2D eigenvalue weighted by Crippen LogP contribution is -2.39. The molecular formula is C14H22N2O3S. The molecule has 112 valence electrons. The summed E-state index contributed by atoms with van der Waals surface area (Å²) in [7, 11) is 0. The minimum atomic E-state index is -0.553. The van der Waals surface area contributed by atoms with E-state index in [4.69, 9.17) is 4.74 Å². The summed E-state index contributed by atoms with van der Waals surface area (Å²) in [4.78, 5) is 14.7. The summed E-state index contributed by atoms with van der Waals surface area (Å²) < 4.78 is 5.32. The van der Waals surface area contributed by atoms with Crippen LogP contribution in [0.25, 0.3) is 0 Å². The molecule has 20 heavy (non-hydrogen) atoms. The second kappa shape index (κ2) is 6.11. The highest BCUT2D eigenvalue weighted by Crippen LogP contribution is 2.17. The summed E-state index contributed by atoms with van der Waals surface area (Å²) in [6.45, 7) is 7.01. The van der Waals surface area contributed by atoms with Gasteiger partial charge in [0.15, 0.2) is 0 Å². The Morgan fingerprint density at radius 3 is 2.90 bits per heavy atom. The number of rotatable bonds is 3. The maximum absolute atomic E-state index is 12.0. The van der Waals surface area contributed by atoms with Crippen LogP contribution in [-0.4, -0.2) is 46.9 Å². The second-order valence-electron chi connectivity index (χ2n) is 6.02. The molecular weight excluding hydrogens is 276 g/mol. The predicted octanol–water partition coefficient (Wildman–Crippen LogP) is 1.82. The number of thiophene rings is 1. The van der Waals surface area contributed by atoms with Gasteiger partial charge in [-0.15, -0.1) is 11.3 Å². The summed E-state index contributed by atoms with van der Waals surface area (Å²) in [6.07, 6.45) is -0.917. The van der Waals surface area contributed by atoms with Gasteiger partial charge in [0.25, 0.3) is 0 Å². The van der Waals surface area contributed by atoms with Crippen LogP contribution in [0.15, 0.2) is 17.5 Å². The topological polar surface area (TPSA) is 61.8 Å². The van der Waals surface area contributed by atoms with Crippen molar-refractivity contribution in [2.24, 2.45) is 0 Å². The summed E-state index contributed by atoms with van der Waals surface area (Å²) in [5.41, 5.74) is -0.509. The van der Waals surface area contributed by atoms with E-state index in [9.17, 15) is 9.90 Å². The number of nitrogens with zero attached hydrogens (tertiary/aromatic N) is 1. The fourth-order valence-electron chi connectivity index (χ4n) is 2.11. The van der Waals surface area contributed by atoms with Crippen LogP contribution in [0.4, 0.5) is 4.79 Å². The van der Waals surface area contributed by atoms with Crippen molar-refractivity contribution >= 4 is 17.4 Å². The molecule has 0 aromatic carbocycles. The molecule has 1 saturated heterocycles. The molecule has 0 radical (unpaired) electrons. The number of aliphatic hydroxyl groups excluding tert-OH is 1. The van der Waals surface area contributed by atoms with Gasteiger partial charge in [-0.05, 0) is 32.2 Å². The Morgan fingerprint density at radius 2 is 2.30 bits per heavy atom. The third-order valence-corrected chi connectivity index (χ3v) is 3.94. The molecule has 1 amide bonds. The van der Waals surface area contributed by atoms with Gasteiger partial charge < -0.3 is 20.1 Å². The van der Waals surface area contributed by atoms with E-state index in [1.165, 1.54) is 4.88 Å². The molecule has 2 N–H and O–H groups in total. The first-order valence-electron chi connectivity index (χ1n) is 6.77. The molecule has 1 aromatic heterocycles. The highest BCUT2D eigenvalue weighted by atomic mass is 32.1. The second-order valence-corrected chi connectivity index (χ2v) is 7.05. The van der Waals surface area contributed by atoms with Crippen molar-refractivity contribution in [1.29, 1.82) is 0 Å². The largest absolute Gasteiger partial charge is 0.444 e. The lowest BCUT2D eigenvalue weighted by molar-refractivity contribution is 0.0270. The third kappa shape index (κ3) is 4.19. The molecule has 6 heteroatoms. The van der Waals surface area contributed by atoms with Crippen LogP contribution >= 0.6 is 11.3 Å². The number of hydrogen-bond acceptors (Lipinski definition) is 5. The van der Waals surface area contributed by atoms with Gasteiger partial charge in [-0.25, -0.2) is 4.79 Å². The maximum atomic E-state index is 12.0. The molecule has 1 aromatic rings. The molecule has 1 fully saturated rings. The number of ether oxygens (including phenoxy) is 1. The van der Waals surface area contributed by atoms with E-state index in [0.717, 1.165) is 0 Å². The van der Waals surface area contributed by atoms with E-state index >= 15 is 0 Å². The molecule has 1 aliphatic heterocycles. The van der Waals surface area contributed by atoms with Crippen LogP contribution in [0, 0.1) is 0 Å². The Kier molecular flexibility index (Phi) is 4.67. The van der Waals surface area contributed by atoms with Gasteiger partial charge >= 0.3 is 6.09 Å². The maximum Gasteiger partial charge on any atom is 0.410 e. The highest BCUT2D eigenvalue weighted by Gasteiger charge is 2.35. The third-order valence-electron chi connectivity index (χ3n) is 3.06. The van der Waals surface area contributed by atoms with Crippen molar-refractivity contribution < 1.29 is 14.6 Å². The van der Waals surface area contributed by atoms with Gasteiger partial charge in [-0.3, -0.25) is 0 Å². The van der Waals surface area contributed by atoms with E-state index in [1.54, 1.807) is 16.2 Å². The van der Waals surface area contributed by atoms with E-state index in [0.29, 0.717) is 19.6 Å². The van der Waals surface area contributed by atoms with E-state index in [-0.39, 0.29) is 12.1 Å². The molecule has 2 heterocycles. The SMILES string of the molecule is CC(C)(C)OC(=O)N1C[C@@H](O)[C@H](NCc2cccs2)C1. The molecule has 0 unspecified atom stereocenters. The van der Waals surface area contributed by atoms with Gasteiger partial charge in [-0.2, -0.15) is 0 Å².